The third-order valence-electron chi connectivity index (χ3n) is 2.04. The van der Waals surface area contributed by atoms with E-state index in [0.717, 1.165) is 0 Å². The lowest BCUT2D eigenvalue weighted by molar-refractivity contribution is -0.0267. The van der Waals surface area contributed by atoms with E-state index in [9.17, 15) is 8.78 Å². The van der Waals surface area contributed by atoms with Gasteiger partial charge in [-0.3, -0.25) is 0 Å². The standard InChI is InChI=1S/C9H7F2N3/c10-9(11)5-14(6-9)8-3-7(4-12)1-2-13-8/h1-3H,5-6H2. The first-order valence-electron chi connectivity index (χ1n) is 4.10. The zero-order chi connectivity index (χ0) is 10.2. The Morgan fingerprint density at radius 1 is 1.50 bits per heavy atom. The average molecular weight is 195 g/mol. The first kappa shape index (κ1) is 8.88. The van der Waals surface area contributed by atoms with E-state index in [-0.39, 0.29) is 13.1 Å². The van der Waals surface area contributed by atoms with Crippen molar-refractivity contribution < 1.29 is 8.78 Å². The van der Waals surface area contributed by atoms with Crippen LogP contribution in [0.1, 0.15) is 5.56 Å². The van der Waals surface area contributed by atoms with Crippen molar-refractivity contribution in [2.24, 2.45) is 0 Å². The molecular weight excluding hydrogens is 188 g/mol. The first-order valence-corrected chi connectivity index (χ1v) is 4.10. The molecule has 0 aromatic carbocycles. The molecule has 0 spiro atoms. The van der Waals surface area contributed by atoms with E-state index in [1.165, 1.54) is 17.2 Å². The third kappa shape index (κ3) is 1.51. The van der Waals surface area contributed by atoms with Gasteiger partial charge in [0.05, 0.1) is 24.7 Å². The Kier molecular flexibility index (Phi) is 1.84. The van der Waals surface area contributed by atoms with E-state index in [4.69, 9.17) is 5.26 Å². The predicted molar refractivity (Wildman–Crippen MR) is 46.1 cm³/mol. The monoisotopic (exact) mass is 195 g/mol. The van der Waals surface area contributed by atoms with Gasteiger partial charge in [-0.05, 0) is 12.1 Å². The summed E-state index contributed by atoms with van der Waals surface area (Å²) in [5, 5.41) is 8.59. The van der Waals surface area contributed by atoms with Crippen molar-refractivity contribution >= 4 is 5.82 Å². The van der Waals surface area contributed by atoms with Gasteiger partial charge in [0.2, 0.25) is 0 Å². The van der Waals surface area contributed by atoms with Crippen LogP contribution in [-0.2, 0) is 0 Å². The number of aromatic nitrogens is 1. The summed E-state index contributed by atoms with van der Waals surface area (Å²) in [7, 11) is 0. The number of anilines is 1. The molecule has 0 radical (unpaired) electrons. The Hall–Kier alpha value is -1.70. The molecule has 3 nitrogen and oxygen atoms in total. The molecule has 0 N–H and O–H groups in total. The molecule has 2 rings (SSSR count). The number of pyridine rings is 1. The second-order valence-electron chi connectivity index (χ2n) is 3.23. The van der Waals surface area contributed by atoms with Gasteiger partial charge in [-0.2, -0.15) is 5.26 Å². The predicted octanol–water partition coefficient (Wildman–Crippen LogP) is 1.41. The molecular formula is C9H7F2N3. The topological polar surface area (TPSA) is 39.9 Å². The fraction of sp³-hybridized carbons (Fsp3) is 0.333. The van der Waals surface area contributed by atoms with Gasteiger partial charge in [0.1, 0.15) is 5.82 Å². The highest BCUT2D eigenvalue weighted by molar-refractivity contribution is 5.47. The molecule has 0 atom stereocenters. The van der Waals surface area contributed by atoms with Crippen LogP contribution in [-0.4, -0.2) is 24.0 Å². The van der Waals surface area contributed by atoms with E-state index in [1.807, 2.05) is 6.07 Å². The van der Waals surface area contributed by atoms with Crippen LogP contribution < -0.4 is 4.90 Å². The van der Waals surface area contributed by atoms with Crippen LogP contribution in [0.25, 0.3) is 0 Å². The molecule has 14 heavy (non-hydrogen) atoms. The van der Waals surface area contributed by atoms with Gasteiger partial charge >= 0.3 is 0 Å². The van der Waals surface area contributed by atoms with Crippen molar-refractivity contribution in [1.82, 2.24) is 4.98 Å². The first-order chi connectivity index (χ1) is 6.61. The van der Waals surface area contributed by atoms with Crippen LogP contribution in [0.2, 0.25) is 0 Å². The van der Waals surface area contributed by atoms with Gasteiger partial charge < -0.3 is 4.90 Å². The number of rotatable bonds is 1. The number of nitrogens with zero attached hydrogens (tertiary/aromatic N) is 3. The molecule has 1 aliphatic heterocycles. The quantitative estimate of drug-likeness (QED) is 0.680. The van der Waals surface area contributed by atoms with Crippen molar-refractivity contribution in [3.05, 3.63) is 23.9 Å². The number of halogens is 2. The summed E-state index contributed by atoms with van der Waals surface area (Å²) in [6.45, 7) is -0.621. The maximum atomic E-state index is 12.5. The lowest BCUT2D eigenvalue weighted by Crippen LogP contribution is -2.56. The molecule has 1 aromatic heterocycles. The summed E-state index contributed by atoms with van der Waals surface area (Å²) < 4.78 is 25.0. The van der Waals surface area contributed by atoms with Crippen LogP contribution in [0.4, 0.5) is 14.6 Å². The highest BCUT2D eigenvalue weighted by Crippen LogP contribution is 2.30. The Balaban J connectivity index is 2.16. The number of hydrogen-bond acceptors (Lipinski definition) is 3. The second-order valence-corrected chi connectivity index (χ2v) is 3.23. The number of alkyl halides is 2. The van der Waals surface area contributed by atoms with E-state index >= 15 is 0 Å². The molecule has 0 saturated carbocycles. The van der Waals surface area contributed by atoms with E-state index in [0.29, 0.717) is 11.4 Å². The van der Waals surface area contributed by atoms with Crippen LogP contribution in [0.5, 0.6) is 0 Å². The highest BCUT2D eigenvalue weighted by atomic mass is 19.3. The van der Waals surface area contributed by atoms with Crippen LogP contribution in [0, 0.1) is 11.3 Å². The van der Waals surface area contributed by atoms with Crippen molar-refractivity contribution in [3.8, 4) is 6.07 Å². The summed E-state index contributed by atoms with van der Waals surface area (Å²) in [6, 6.07) is 4.99. The number of hydrogen-bond donors (Lipinski definition) is 0. The van der Waals surface area contributed by atoms with E-state index in [2.05, 4.69) is 4.98 Å². The van der Waals surface area contributed by atoms with Crippen LogP contribution in [0.15, 0.2) is 18.3 Å². The normalized spacial score (nSPS) is 18.5. The fourth-order valence-corrected chi connectivity index (χ4v) is 1.34. The lowest BCUT2D eigenvalue weighted by atomic mass is 10.1. The molecule has 0 amide bonds. The highest BCUT2D eigenvalue weighted by Gasteiger charge is 2.44. The Morgan fingerprint density at radius 2 is 2.21 bits per heavy atom. The van der Waals surface area contributed by atoms with Crippen molar-refractivity contribution in [2.45, 2.75) is 5.92 Å². The minimum Gasteiger partial charge on any atom is -0.344 e. The van der Waals surface area contributed by atoms with Crippen molar-refractivity contribution in [2.75, 3.05) is 18.0 Å². The molecule has 0 unspecified atom stereocenters. The Bertz CT molecular complexity index is 389. The van der Waals surface area contributed by atoms with Gasteiger partial charge in [-0.15, -0.1) is 0 Å². The summed E-state index contributed by atoms with van der Waals surface area (Å²) in [6.07, 6.45) is 1.45. The molecule has 1 aromatic rings. The molecule has 1 saturated heterocycles. The molecule has 72 valence electrons. The van der Waals surface area contributed by atoms with Crippen molar-refractivity contribution in [3.63, 3.8) is 0 Å². The Morgan fingerprint density at radius 3 is 2.79 bits per heavy atom. The summed E-state index contributed by atoms with van der Waals surface area (Å²) in [5.41, 5.74) is 0.435. The average Bonchev–Trinajstić information content (AvgIpc) is 2.14. The second kappa shape index (κ2) is 2.91. The minimum atomic E-state index is -2.61. The van der Waals surface area contributed by atoms with Gasteiger partial charge in [-0.25, -0.2) is 13.8 Å². The van der Waals surface area contributed by atoms with Gasteiger partial charge in [0.25, 0.3) is 5.92 Å². The molecule has 1 fully saturated rings. The molecule has 1 aliphatic rings. The smallest absolute Gasteiger partial charge is 0.282 e. The maximum absolute atomic E-state index is 12.5. The van der Waals surface area contributed by atoms with E-state index < -0.39 is 5.92 Å². The number of nitriles is 1. The minimum absolute atomic E-state index is 0.311. The summed E-state index contributed by atoms with van der Waals surface area (Å²) in [4.78, 5) is 5.36. The van der Waals surface area contributed by atoms with E-state index in [1.54, 1.807) is 6.07 Å². The Labute approximate surface area is 79.6 Å². The van der Waals surface area contributed by atoms with Gasteiger partial charge in [0, 0.05) is 6.20 Å². The largest absolute Gasteiger partial charge is 0.344 e. The molecule has 5 heteroatoms. The maximum Gasteiger partial charge on any atom is 0.282 e. The fourth-order valence-electron chi connectivity index (χ4n) is 1.34. The zero-order valence-electron chi connectivity index (χ0n) is 7.24. The van der Waals surface area contributed by atoms with Gasteiger partial charge in [0.15, 0.2) is 0 Å². The van der Waals surface area contributed by atoms with Crippen molar-refractivity contribution in [1.29, 1.82) is 5.26 Å². The van der Waals surface area contributed by atoms with Crippen LogP contribution in [0.3, 0.4) is 0 Å². The molecule has 0 aliphatic carbocycles. The van der Waals surface area contributed by atoms with Crippen LogP contribution >= 0.6 is 0 Å². The van der Waals surface area contributed by atoms with Gasteiger partial charge in [-0.1, -0.05) is 0 Å². The SMILES string of the molecule is N#Cc1ccnc(N2CC(F)(F)C2)c1. The molecule has 0 bridgehead atoms. The zero-order valence-corrected chi connectivity index (χ0v) is 7.24. The lowest BCUT2D eigenvalue weighted by Gasteiger charge is -2.39. The summed E-state index contributed by atoms with van der Waals surface area (Å²) >= 11 is 0. The molecule has 2 heterocycles. The summed E-state index contributed by atoms with van der Waals surface area (Å²) in [5.74, 6) is -2.17. The third-order valence-corrected chi connectivity index (χ3v) is 2.04.